The van der Waals surface area contributed by atoms with Crippen LogP contribution in [0, 0.1) is 0 Å². The molecule has 0 radical (unpaired) electrons. The van der Waals surface area contributed by atoms with Crippen LogP contribution in [0.25, 0.3) is 0 Å². The van der Waals surface area contributed by atoms with Gasteiger partial charge in [0.2, 0.25) is 5.13 Å². The number of carbonyl (C=O) groups is 1. The molecule has 1 aromatic heterocycles. The predicted molar refractivity (Wildman–Crippen MR) is 119 cm³/mol. The van der Waals surface area contributed by atoms with Crippen LogP contribution in [0.2, 0.25) is 0 Å². The molecular formula is C19H18BrN5O3S. The molecule has 29 heavy (non-hydrogen) atoms. The van der Waals surface area contributed by atoms with Gasteiger partial charge in [-0.05, 0) is 45.8 Å². The number of ether oxygens (including phenoxy) is 2. The third-order valence-corrected chi connectivity index (χ3v) is 4.91. The molecule has 0 aliphatic heterocycles. The fourth-order valence-corrected chi connectivity index (χ4v) is 3.43. The number of thiazole rings is 1. The molecule has 0 saturated heterocycles. The molecule has 2 aromatic carbocycles. The van der Waals surface area contributed by atoms with Gasteiger partial charge >= 0.3 is 0 Å². The van der Waals surface area contributed by atoms with Crippen molar-refractivity contribution in [3.63, 3.8) is 0 Å². The minimum atomic E-state index is -0.275. The summed E-state index contributed by atoms with van der Waals surface area (Å²) in [4.78, 5) is 16.2. The number of nitrogens with one attached hydrogen (secondary N) is 2. The maximum atomic E-state index is 12.1. The highest BCUT2D eigenvalue weighted by molar-refractivity contribution is 9.10. The molecule has 8 nitrogen and oxygen atoms in total. The van der Waals surface area contributed by atoms with E-state index >= 15 is 0 Å². The summed E-state index contributed by atoms with van der Waals surface area (Å²) in [5.41, 5.74) is 9.83. The Morgan fingerprint density at radius 3 is 2.83 bits per heavy atom. The van der Waals surface area contributed by atoms with Crippen molar-refractivity contribution in [3.8, 4) is 11.5 Å². The molecule has 0 saturated carbocycles. The van der Waals surface area contributed by atoms with Gasteiger partial charge in [-0.15, -0.1) is 11.3 Å². The van der Waals surface area contributed by atoms with Crippen molar-refractivity contribution in [1.82, 2.24) is 4.98 Å². The number of anilines is 3. The number of para-hydroxylation sites is 1. The number of hydrogen-bond acceptors (Lipinski definition) is 8. The van der Waals surface area contributed by atoms with Crippen molar-refractivity contribution in [3.05, 3.63) is 57.9 Å². The molecule has 1 amide bonds. The molecule has 0 aliphatic rings. The topological polar surface area (TPSA) is 111 Å². The van der Waals surface area contributed by atoms with Gasteiger partial charge in [-0.25, -0.2) is 4.98 Å². The van der Waals surface area contributed by atoms with Gasteiger partial charge in [-0.3, -0.25) is 10.2 Å². The molecule has 0 aliphatic carbocycles. The first kappa shape index (κ1) is 20.6. The molecule has 1 heterocycles. The number of carbonyl (C=O) groups excluding carboxylic acids is 1. The van der Waals surface area contributed by atoms with Crippen molar-refractivity contribution < 1.29 is 14.3 Å². The van der Waals surface area contributed by atoms with Crippen LogP contribution in [0.5, 0.6) is 11.5 Å². The summed E-state index contributed by atoms with van der Waals surface area (Å²) in [5.74, 6) is 1.05. The van der Waals surface area contributed by atoms with E-state index in [4.69, 9.17) is 15.2 Å². The standard InChI is InChI=1S/C19H18BrN5O3S/c1-27-15-8-12(9-22-25-19-24-16(21)11-29-19)7-14(20)18(15)28-10-17(26)23-13-5-3-2-4-6-13/h2-9,11H,10,21H2,1H3,(H,23,26)(H,24,25). The molecule has 0 spiro atoms. The third kappa shape index (κ3) is 5.93. The lowest BCUT2D eigenvalue weighted by atomic mass is 10.2. The lowest BCUT2D eigenvalue weighted by Gasteiger charge is -2.13. The van der Waals surface area contributed by atoms with Crippen molar-refractivity contribution in [2.24, 2.45) is 5.10 Å². The van der Waals surface area contributed by atoms with E-state index in [0.717, 1.165) is 5.56 Å². The van der Waals surface area contributed by atoms with E-state index in [1.807, 2.05) is 18.2 Å². The number of halogens is 1. The maximum Gasteiger partial charge on any atom is 0.262 e. The van der Waals surface area contributed by atoms with Crippen molar-refractivity contribution >= 4 is 56.0 Å². The molecule has 0 unspecified atom stereocenters. The van der Waals surface area contributed by atoms with Gasteiger partial charge in [0, 0.05) is 11.1 Å². The predicted octanol–water partition coefficient (Wildman–Crippen LogP) is 3.96. The van der Waals surface area contributed by atoms with Crippen molar-refractivity contribution in [2.45, 2.75) is 0 Å². The summed E-state index contributed by atoms with van der Waals surface area (Å²) in [6, 6.07) is 12.7. The Labute approximate surface area is 179 Å². The minimum absolute atomic E-state index is 0.162. The first-order valence-electron chi connectivity index (χ1n) is 8.40. The van der Waals surface area contributed by atoms with Crippen LogP contribution in [-0.2, 0) is 4.79 Å². The molecule has 150 valence electrons. The smallest absolute Gasteiger partial charge is 0.262 e. The van der Waals surface area contributed by atoms with E-state index < -0.39 is 0 Å². The van der Waals surface area contributed by atoms with Crippen LogP contribution in [0.3, 0.4) is 0 Å². The number of amides is 1. The normalized spacial score (nSPS) is 10.7. The number of methoxy groups -OCH3 is 1. The van der Waals surface area contributed by atoms with E-state index in [0.29, 0.717) is 32.6 Å². The molecule has 3 rings (SSSR count). The number of benzene rings is 2. The number of rotatable bonds is 8. The van der Waals surface area contributed by atoms with E-state index in [1.165, 1.54) is 18.4 Å². The Balaban J connectivity index is 1.64. The van der Waals surface area contributed by atoms with Gasteiger partial charge in [0.25, 0.3) is 5.91 Å². The molecular weight excluding hydrogens is 458 g/mol. The second-order valence-corrected chi connectivity index (χ2v) is 7.40. The zero-order valence-corrected chi connectivity index (χ0v) is 17.8. The molecule has 10 heteroatoms. The summed E-state index contributed by atoms with van der Waals surface area (Å²) in [6.45, 7) is -0.162. The number of nitrogens with zero attached hydrogens (tertiary/aromatic N) is 2. The quantitative estimate of drug-likeness (QED) is 0.335. The number of aromatic nitrogens is 1. The summed E-state index contributed by atoms with van der Waals surface area (Å²) < 4.78 is 11.7. The Morgan fingerprint density at radius 1 is 1.34 bits per heavy atom. The molecule has 4 N–H and O–H groups in total. The molecule has 0 bridgehead atoms. The zero-order chi connectivity index (χ0) is 20.6. The van der Waals surface area contributed by atoms with Gasteiger partial charge in [0.15, 0.2) is 18.1 Å². The van der Waals surface area contributed by atoms with Crippen LogP contribution in [0.1, 0.15) is 5.56 Å². The van der Waals surface area contributed by atoms with E-state index in [2.05, 4.69) is 36.8 Å². The summed E-state index contributed by atoms with van der Waals surface area (Å²) in [6.07, 6.45) is 1.61. The van der Waals surface area contributed by atoms with E-state index in [-0.39, 0.29) is 12.5 Å². The van der Waals surface area contributed by atoms with E-state index in [9.17, 15) is 4.79 Å². The lowest BCUT2D eigenvalue weighted by Crippen LogP contribution is -2.20. The Morgan fingerprint density at radius 2 is 2.14 bits per heavy atom. The highest BCUT2D eigenvalue weighted by Gasteiger charge is 2.13. The van der Waals surface area contributed by atoms with Gasteiger partial charge < -0.3 is 20.5 Å². The summed E-state index contributed by atoms with van der Waals surface area (Å²) in [5, 5.41) is 9.20. The average Bonchev–Trinajstić information content (AvgIpc) is 3.12. The number of nitrogen functional groups attached to an aromatic ring is 1. The van der Waals surface area contributed by atoms with Crippen LogP contribution in [0.15, 0.2) is 57.4 Å². The highest BCUT2D eigenvalue weighted by Crippen LogP contribution is 2.36. The van der Waals surface area contributed by atoms with Gasteiger partial charge in [0.05, 0.1) is 17.8 Å². The van der Waals surface area contributed by atoms with Crippen molar-refractivity contribution in [1.29, 1.82) is 0 Å². The highest BCUT2D eigenvalue weighted by atomic mass is 79.9. The van der Waals surface area contributed by atoms with Crippen LogP contribution >= 0.6 is 27.3 Å². The number of hydrogen-bond donors (Lipinski definition) is 3. The van der Waals surface area contributed by atoms with Gasteiger partial charge in [-0.2, -0.15) is 5.10 Å². The first-order valence-corrected chi connectivity index (χ1v) is 10.1. The second kappa shape index (κ2) is 9.89. The Bertz CT molecular complexity index is 1010. The molecule has 3 aromatic rings. The molecule has 0 fully saturated rings. The fraction of sp³-hybridized carbons (Fsp3) is 0.105. The fourth-order valence-electron chi connectivity index (χ4n) is 2.31. The van der Waals surface area contributed by atoms with E-state index in [1.54, 1.807) is 35.9 Å². The largest absolute Gasteiger partial charge is 0.493 e. The monoisotopic (exact) mass is 475 g/mol. The summed E-state index contributed by atoms with van der Waals surface area (Å²) >= 11 is 4.81. The Kier molecular flexibility index (Phi) is 7.04. The second-order valence-electron chi connectivity index (χ2n) is 5.68. The number of hydrazone groups is 1. The Hall–Kier alpha value is -3.11. The number of nitrogens with two attached hydrogens (primary N) is 1. The van der Waals surface area contributed by atoms with Crippen LogP contribution < -0.4 is 25.9 Å². The molecule has 0 atom stereocenters. The van der Waals surface area contributed by atoms with Gasteiger partial charge in [0.1, 0.15) is 5.82 Å². The minimum Gasteiger partial charge on any atom is -0.493 e. The van der Waals surface area contributed by atoms with Gasteiger partial charge in [-0.1, -0.05) is 18.2 Å². The maximum absolute atomic E-state index is 12.1. The van der Waals surface area contributed by atoms with Crippen molar-refractivity contribution in [2.75, 3.05) is 30.2 Å². The SMILES string of the molecule is COc1cc(C=NNc2nc(N)cs2)cc(Br)c1OCC(=O)Nc1ccccc1. The summed E-state index contributed by atoms with van der Waals surface area (Å²) in [7, 11) is 1.52. The van der Waals surface area contributed by atoms with Crippen LogP contribution in [0.4, 0.5) is 16.6 Å². The lowest BCUT2D eigenvalue weighted by molar-refractivity contribution is -0.118. The average molecular weight is 476 g/mol. The van der Waals surface area contributed by atoms with Crippen LogP contribution in [-0.4, -0.2) is 30.8 Å². The zero-order valence-electron chi connectivity index (χ0n) is 15.4. The third-order valence-electron chi connectivity index (χ3n) is 3.55. The first-order chi connectivity index (χ1) is 14.0.